The van der Waals surface area contributed by atoms with Gasteiger partial charge in [0, 0.05) is 26.6 Å². The zero-order valence-electron chi connectivity index (χ0n) is 20.0. The molecule has 2 aromatic carbocycles. The fourth-order valence-corrected chi connectivity index (χ4v) is 4.73. The molecule has 1 aromatic heterocycles. The first-order valence-corrected chi connectivity index (χ1v) is 12.4. The van der Waals surface area contributed by atoms with Gasteiger partial charge in [-0.1, -0.05) is 52.8 Å². The van der Waals surface area contributed by atoms with Crippen LogP contribution >= 0.6 is 11.3 Å². The topological polar surface area (TPSA) is 35.5 Å². The second-order valence-electron chi connectivity index (χ2n) is 8.60. The highest BCUT2D eigenvalue weighted by Crippen LogP contribution is 2.43. The number of hydrogen-bond donors (Lipinski definition) is 0. The lowest BCUT2D eigenvalue weighted by Crippen LogP contribution is -2.04. The summed E-state index contributed by atoms with van der Waals surface area (Å²) in [6.45, 7) is 14.0. The molecular formula is C28H34O3S. The summed E-state index contributed by atoms with van der Waals surface area (Å²) in [6.07, 6.45) is 4.30. The van der Waals surface area contributed by atoms with Gasteiger partial charge < -0.3 is 9.47 Å². The third kappa shape index (κ3) is 5.42. The number of hydrogen-bond acceptors (Lipinski definition) is 4. The van der Waals surface area contributed by atoms with Crippen molar-refractivity contribution in [2.75, 3.05) is 13.2 Å². The van der Waals surface area contributed by atoms with Crippen LogP contribution < -0.4 is 4.74 Å². The maximum atomic E-state index is 11.7. The van der Waals surface area contributed by atoms with Crippen LogP contribution in [0, 0.1) is 0 Å². The van der Waals surface area contributed by atoms with Crippen LogP contribution in [0.25, 0.3) is 27.3 Å². The smallest absolute Gasteiger partial charge is 0.330 e. The molecule has 0 saturated heterocycles. The second kappa shape index (κ2) is 10.8. The molecule has 170 valence electrons. The van der Waals surface area contributed by atoms with Gasteiger partial charge in [-0.05, 0) is 66.1 Å². The largest absolute Gasteiger partial charge is 0.493 e. The summed E-state index contributed by atoms with van der Waals surface area (Å²) in [4.78, 5) is 12.8. The molecule has 3 aromatic rings. The Morgan fingerprint density at radius 2 is 1.81 bits per heavy atom. The minimum Gasteiger partial charge on any atom is -0.493 e. The number of benzene rings is 2. The molecule has 4 heteroatoms. The van der Waals surface area contributed by atoms with Gasteiger partial charge in [-0.2, -0.15) is 0 Å². The molecule has 0 unspecified atom stereocenters. The van der Waals surface area contributed by atoms with Gasteiger partial charge in [0.1, 0.15) is 5.75 Å². The fraction of sp³-hybridized carbons (Fsp3) is 0.393. The average molecular weight is 451 g/mol. The summed E-state index contributed by atoms with van der Waals surface area (Å²) >= 11 is 1.68. The highest BCUT2D eigenvalue weighted by atomic mass is 32.1. The molecule has 3 nitrogen and oxygen atoms in total. The first-order chi connectivity index (χ1) is 15.3. The van der Waals surface area contributed by atoms with Crippen LogP contribution in [0.3, 0.4) is 0 Å². The van der Waals surface area contributed by atoms with Crippen molar-refractivity contribution in [3.05, 3.63) is 58.5 Å². The monoisotopic (exact) mass is 450 g/mol. The highest BCUT2D eigenvalue weighted by molar-refractivity contribution is 7.20. The molecule has 0 radical (unpaired) electrons. The van der Waals surface area contributed by atoms with E-state index >= 15 is 0 Å². The Balaban J connectivity index is 2.19. The molecule has 0 N–H and O–H groups in total. The number of thiophene rings is 1. The van der Waals surface area contributed by atoms with E-state index < -0.39 is 0 Å². The Labute approximate surface area is 196 Å². The van der Waals surface area contributed by atoms with Gasteiger partial charge >= 0.3 is 5.97 Å². The van der Waals surface area contributed by atoms with E-state index in [0.717, 1.165) is 22.6 Å². The van der Waals surface area contributed by atoms with Crippen LogP contribution in [-0.2, 0) is 9.53 Å². The fourth-order valence-electron chi connectivity index (χ4n) is 3.74. The van der Waals surface area contributed by atoms with Crippen LogP contribution in [0.2, 0.25) is 0 Å². The third-order valence-electron chi connectivity index (χ3n) is 5.42. The number of carbonyl (C=O) groups is 1. The molecule has 0 saturated carbocycles. The summed E-state index contributed by atoms with van der Waals surface area (Å²) in [7, 11) is 0. The van der Waals surface area contributed by atoms with E-state index in [2.05, 4.69) is 71.0 Å². The van der Waals surface area contributed by atoms with Crippen molar-refractivity contribution in [3.8, 4) is 16.9 Å². The lowest BCUT2D eigenvalue weighted by atomic mass is 9.88. The standard InChI is InChI=1S/C28H34O3S/c1-7-14-31-28-23(19(5)6)15-20(18(3)4)16-25(28)22-10-9-11-26-24(22)17-21(32-26)12-13-27(29)30-8-2/h9-13,15-19H,7-8,14H2,1-6H3. The predicted molar refractivity (Wildman–Crippen MR) is 137 cm³/mol. The molecule has 0 spiro atoms. The van der Waals surface area contributed by atoms with Gasteiger partial charge in [-0.3, -0.25) is 0 Å². The van der Waals surface area contributed by atoms with Crippen molar-refractivity contribution in [3.63, 3.8) is 0 Å². The minimum absolute atomic E-state index is 0.313. The molecule has 0 aliphatic rings. The Morgan fingerprint density at radius 3 is 2.47 bits per heavy atom. The number of fused-ring (bicyclic) bond motifs is 1. The Hall–Kier alpha value is -2.59. The molecule has 0 amide bonds. The van der Waals surface area contributed by atoms with Crippen LogP contribution in [0.15, 0.2) is 42.5 Å². The Kier molecular flexibility index (Phi) is 8.14. The van der Waals surface area contributed by atoms with Crippen molar-refractivity contribution >= 4 is 33.5 Å². The molecule has 0 bridgehead atoms. The van der Waals surface area contributed by atoms with E-state index in [-0.39, 0.29) is 5.97 Å². The van der Waals surface area contributed by atoms with E-state index in [0.29, 0.717) is 25.0 Å². The Morgan fingerprint density at radius 1 is 1.03 bits per heavy atom. The lowest BCUT2D eigenvalue weighted by molar-refractivity contribution is -0.137. The van der Waals surface area contributed by atoms with E-state index in [1.165, 1.54) is 32.9 Å². The van der Waals surface area contributed by atoms with Crippen LogP contribution in [-0.4, -0.2) is 19.2 Å². The number of carbonyl (C=O) groups excluding carboxylic acids is 1. The molecule has 0 aliphatic carbocycles. The molecule has 0 aliphatic heterocycles. The van der Waals surface area contributed by atoms with E-state index in [9.17, 15) is 4.79 Å². The van der Waals surface area contributed by atoms with Gasteiger partial charge in [0.2, 0.25) is 0 Å². The van der Waals surface area contributed by atoms with Crippen LogP contribution in [0.4, 0.5) is 0 Å². The SMILES string of the molecule is CCCOc1c(-c2cccc3sc(C=CC(=O)OCC)cc23)cc(C(C)C)cc1C(C)C. The minimum atomic E-state index is -0.313. The normalized spacial score (nSPS) is 11.8. The molecule has 3 rings (SSSR count). The molecular weight excluding hydrogens is 416 g/mol. The summed E-state index contributed by atoms with van der Waals surface area (Å²) in [5, 5.41) is 1.18. The molecule has 1 heterocycles. The maximum Gasteiger partial charge on any atom is 0.330 e. The number of rotatable bonds is 9. The molecule has 0 atom stereocenters. The zero-order chi connectivity index (χ0) is 23.3. The van der Waals surface area contributed by atoms with Gasteiger partial charge in [0.25, 0.3) is 0 Å². The van der Waals surface area contributed by atoms with Gasteiger partial charge in [0.05, 0.1) is 13.2 Å². The van der Waals surface area contributed by atoms with Crippen molar-refractivity contribution in [2.45, 2.75) is 59.8 Å². The van der Waals surface area contributed by atoms with Crippen molar-refractivity contribution < 1.29 is 14.3 Å². The van der Waals surface area contributed by atoms with Gasteiger partial charge in [-0.15, -0.1) is 11.3 Å². The van der Waals surface area contributed by atoms with Crippen LogP contribution in [0.5, 0.6) is 5.75 Å². The van der Waals surface area contributed by atoms with E-state index in [1.807, 2.05) is 13.0 Å². The first-order valence-electron chi connectivity index (χ1n) is 11.5. The van der Waals surface area contributed by atoms with E-state index in [1.54, 1.807) is 11.3 Å². The van der Waals surface area contributed by atoms with E-state index in [4.69, 9.17) is 9.47 Å². The number of esters is 1. The van der Waals surface area contributed by atoms with Crippen molar-refractivity contribution in [2.24, 2.45) is 0 Å². The summed E-state index contributed by atoms with van der Waals surface area (Å²) in [5.41, 5.74) is 4.90. The third-order valence-corrected chi connectivity index (χ3v) is 6.49. The quantitative estimate of drug-likeness (QED) is 0.243. The average Bonchev–Trinajstić information content (AvgIpc) is 3.19. The van der Waals surface area contributed by atoms with Crippen LogP contribution in [0.1, 0.15) is 75.8 Å². The zero-order valence-corrected chi connectivity index (χ0v) is 20.8. The summed E-state index contributed by atoms with van der Waals surface area (Å²) in [5.74, 6) is 1.47. The molecule has 32 heavy (non-hydrogen) atoms. The summed E-state index contributed by atoms with van der Waals surface area (Å²) in [6, 6.07) is 13.2. The Bertz CT molecular complexity index is 1110. The second-order valence-corrected chi connectivity index (χ2v) is 9.71. The van der Waals surface area contributed by atoms with Crippen molar-refractivity contribution in [1.82, 2.24) is 0 Å². The number of ether oxygens (including phenoxy) is 2. The van der Waals surface area contributed by atoms with Gasteiger partial charge in [-0.25, -0.2) is 4.79 Å². The first kappa shape index (κ1) is 24.1. The lowest BCUT2D eigenvalue weighted by Gasteiger charge is -2.21. The van der Waals surface area contributed by atoms with Gasteiger partial charge in [0.15, 0.2) is 0 Å². The molecule has 0 fully saturated rings. The highest BCUT2D eigenvalue weighted by Gasteiger charge is 2.19. The predicted octanol–water partition coefficient (Wildman–Crippen LogP) is 8.18. The maximum absolute atomic E-state index is 11.7. The summed E-state index contributed by atoms with van der Waals surface area (Å²) < 4.78 is 12.6. The van der Waals surface area contributed by atoms with Crippen molar-refractivity contribution in [1.29, 1.82) is 0 Å².